The fourth-order valence-electron chi connectivity index (χ4n) is 3.67. The van der Waals surface area contributed by atoms with Crippen LogP contribution in [0.5, 0.6) is 0 Å². The number of aliphatic hydroxyl groups excluding tert-OH is 1. The van der Waals surface area contributed by atoms with Gasteiger partial charge in [-0.05, 0) is 63.9 Å². The van der Waals surface area contributed by atoms with Crippen molar-refractivity contribution in [3.05, 3.63) is 35.1 Å². The maximum atomic E-state index is 12.8. The zero-order valence-electron chi connectivity index (χ0n) is 16.6. The van der Waals surface area contributed by atoms with Crippen LogP contribution >= 0.6 is 0 Å². The third-order valence-electron chi connectivity index (χ3n) is 5.57. The normalized spacial score (nSPS) is 17.4. The first kappa shape index (κ1) is 20.4. The Kier molecular flexibility index (Phi) is 6.05. The first-order valence-electron chi connectivity index (χ1n) is 9.82. The molecule has 1 fully saturated rings. The molecule has 152 valence electrons. The quantitative estimate of drug-likeness (QED) is 0.670. The fourth-order valence-corrected chi connectivity index (χ4v) is 3.67. The second kappa shape index (κ2) is 8.32. The van der Waals surface area contributed by atoms with E-state index >= 15 is 0 Å². The Hall–Kier alpha value is -2.38. The van der Waals surface area contributed by atoms with Gasteiger partial charge in [0, 0.05) is 11.9 Å². The van der Waals surface area contributed by atoms with Gasteiger partial charge in [0.25, 0.3) is 5.91 Å². The molecule has 1 aliphatic rings. The number of rotatable bonds is 7. The lowest BCUT2D eigenvalue weighted by molar-refractivity contribution is -0.124. The molecule has 1 aromatic carbocycles. The van der Waals surface area contributed by atoms with E-state index in [1.165, 1.54) is 26.2 Å². The number of aliphatic hydroxyl groups is 1. The van der Waals surface area contributed by atoms with Gasteiger partial charge in [0.15, 0.2) is 0 Å². The summed E-state index contributed by atoms with van der Waals surface area (Å²) in [4.78, 5) is 26.9. The summed E-state index contributed by atoms with van der Waals surface area (Å²) in [6.45, 7) is 5.82. The molecular formula is C21H29N3O4. The van der Waals surface area contributed by atoms with E-state index in [-0.39, 0.29) is 0 Å². The SMILES string of the molecule is Cc1oc2ccc(CCN3CCCCC3)cc2c1C(=O)N[C@@](C)(CO)C(N)=O. The van der Waals surface area contributed by atoms with E-state index in [1.54, 1.807) is 6.92 Å². The molecule has 7 nitrogen and oxygen atoms in total. The number of hydrogen-bond acceptors (Lipinski definition) is 5. The summed E-state index contributed by atoms with van der Waals surface area (Å²) >= 11 is 0. The Labute approximate surface area is 164 Å². The Bertz CT molecular complexity index is 870. The van der Waals surface area contributed by atoms with Gasteiger partial charge >= 0.3 is 0 Å². The predicted molar refractivity (Wildman–Crippen MR) is 107 cm³/mol. The number of fused-ring (bicyclic) bond motifs is 1. The number of piperidine rings is 1. The fraction of sp³-hybridized carbons (Fsp3) is 0.524. The molecule has 2 amide bonds. The lowest BCUT2D eigenvalue weighted by atomic mass is 10.0. The average Bonchev–Trinajstić information content (AvgIpc) is 3.02. The van der Waals surface area contributed by atoms with Crippen molar-refractivity contribution in [2.45, 2.75) is 45.1 Å². The number of hydrogen-bond donors (Lipinski definition) is 3. The van der Waals surface area contributed by atoms with Crippen LogP contribution in [-0.4, -0.2) is 53.6 Å². The number of furan rings is 1. The van der Waals surface area contributed by atoms with Gasteiger partial charge in [0.05, 0.1) is 12.2 Å². The topological polar surface area (TPSA) is 109 Å². The third-order valence-corrected chi connectivity index (χ3v) is 5.57. The minimum absolute atomic E-state index is 0.371. The highest BCUT2D eigenvalue weighted by atomic mass is 16.3. The van der Waals surface area contributed by atoms with Crippen LogP contribution in [0.15, 0.2) is 22.6 Å². The van der Waals surface area contributed by atoms with E-state index < -0.39 is 24.0 Å². The second-order valence-electron chi connectivity index (χ2n) is 7.82. The summed E-state index contributed by atoms with van der Waals surface area (Å²) < 4.78 is 5.73. The molecule has 0 radical (unpaired) electrons. The summed E-state index contributed by atoms with van der Waals surface area (Å²) in [6, 6.07) is 5.88. The molecule has 1 aliphatic heterocycles. The van der Waals surface area contributed by atoms with E-state index in [2.05, 4.69) is 10.2 Å². The second-order valence-corrected chi connectivity index (χ2v) is 7.82. The van der Waals surface area contributed by atoms with Crippen molar-refractivity contribution < 1.29 is 19.1 Å². The van der Waals surface area contributed by atoms with Gasteiger partial charge in [-0.3, -0.25) is 9.59 Å². The van der Waals surface area contributed by atoms with Crippen LogP contribution in [0.2, 0.25) is 0 Å². The van der Waals surface area contributed by atoms with Gasteiger partial charge in [0.1, 0.15) is 16.9 Å². The Morgan fingerprint density at radius 3 is 2.64 bits per heavy atom. The van der Waals surface area contributed by atoms with E-state index in [1.807, 2.05) is 18.2 Å². The molecule has 1 saturated heterocycles. The van der Waals surface area contributed by atoms with Crippen molar-refractivity contribution in [1.29, 1.82) is 0 Å². The number of nitrogens with zero attached hydrogens (tertiary/aromatic N) is 1. The molecule has 1 atom stereocenters. The highest BCUT2D eigenvalue weighted by Crippen LogP contribution is 2.27. The van der Waals surface area contributed by atoms with Crippen LogP contribution in [0.1, 0.15) is 47.9 Å². The zero-order chi connectivity index (χ0) is 20.3. The average molecular weight is 387 g/mol. The van der Waals surface area contributed by atoms with Gasteiger partial charge in [-0.1, -0.05) is 12.5 Å². The van der Waals surface area contributed by atoms with E-state index in [0.717, 1.165) is 31.6 Å². The lowest BCUT2D eigenvalue weighted by Crippen LogP contribution is -2.57. The first-order valence-corrected chi connectivity index (χ1v) is 9.82. The maximum Gasteiger partial charge on any atom is 0.256 e. The molecule has 3 rings (SSSR count). The summed E-state index contributed by atoms with van der Waals surface area (Å²) in [5.74, 6) is -0.818. The van der Waals surface area contributed by atoms with Crippen LogP contribution in [0.4, 0.5) is 0 Å². The number of carbonyl (C=O) groups excluding carboxylic acids is 2. The lowest BCUT2D eigenvalue weighted by Gasteiger charge is -2.26. The van der Waals surface area contributed by atoms with Crippen molar-refractivity contribution >= 4 is 22.8 Å². The summed E-state index contributed by atoms with van der Waals surface area (Å²) in [5.41, 5.74) is 5.92. The van der Waals surface area contributed by atoms with Crippen LogP contribution in [0.3, 0.4) is 0 Å². The molecule has 0 bridgehead atoms. The van der Waals surface area contributed by atoms with Crippen molar-refractivity contribution in [3.63, 3.8) is 0 Å². The third kappa shape index (κ3) is 4.20. The van der Waals surface area contributed by atoms with E-state index in [9.17, 15) is 14.7 Å². The number of nitrogens with two attached hydrogens (primary N) is 1. The molecule has 2 aromatic rings. The van der Waals surface area contributed by atoms with Crippen LogP contribution in [0.25, 0.3) is 11.0 Å². The highest BCUT2D eigenvalue weighted by molar-refractivity contribution is 6.09. The Balaban J connectivity index is 1.82. The number of primary amides is 1. The minimum Gasteiger partial charge on any atom is -0.461 e. The molecule has 0 unspecified atom stereocenters. The van der Waals surface area contributed by atoms with Crippen molar-refractivity contribution in [1.82, 2.24) is 10.2 Å². The Morgan fingerprint density at radius 1 is 1.29 bits per heavy atom. The summed E-state index contributed by atoms with van der Waals surface area (Å²) in [5, 5.41) is 12.7. The standard InChI is InChI=1S/C21H29N3O4/c1-14-18(19(26)23-21(2,13-25)20(22)27)16-12-15(6-7-17(16)28-14)8-11-24-9-4-3-5-10-24/h6-7,12,25H,3-5,8-11,13H2,1-2H3,(H2,22,27)(H,23,26)/t21-/m0/s1. The molecule has 7 heteroatoms. The van der Waals surface area contributed by atoms with Crippen molar-refractivity contribution in [2.75, 3.05) is 26.2 Å². The minimum atomic E-state index is -1.53. The highest BCUT2D eigenvalue weighted by Gasteiger charge is 2.34. The van der Waals surface area contributed by atoms with Crippen LogP contribution in [-0.2, 0) is 11.2 Å². The largest absolute Gasteiger partial charge is 0.461 e. The number of nitrogens with one attached hydrogen (secondary N) is 1. The van der Waals surface area contributed by atoms with Crippen molar-refractivity contribution in [2.24, 2.45) is 5.73 Å². The molecule has 1 aromatic heterocycles. The maximum absolute atomic E-state index is 12.8. The number of likely N-dealkylation sites (tertiary alicyclic amines) is 1. The zero-order valence-corrected chi connectivity index (χ0v) is 16.6. The number of amides is 2. The van der Waals surface area contributed by atoms with Gasteiger partial charge in [-0.25, -0.2) is 0 Å². The van der Waals surface area contributed by atoms with E-state index in [0.29, 0.717) is 22.3 Å². The van der Waals surface area contributed by atoms with Crippen molar-refractivity contribution in [3.8, 4) is 0 Å². The smallest absolute Gasteiger partial charge is 0.256 e. The molecule has 0 aliphatic carbocycles. The predicted octanol–water partition coefficient (Wildman–Crippen LogP) is 1.74. The van der Waals surface area contributed by atoms with Crippen LogP contribution in [0, 0.1) is 6.92 Å². The van der Waals surface area contributed by atoms with Gasteiger partial charge in [-0.15, -0.1) is 0 Å². The van der Waals surface area contributed by atoms with Crippen LogP contribution < -0.4 is 11.1 Å². The molecule has 0 saturated carbocycles. The molecule has 2 heterocycles. The Morgan fingerprint density at radius 2 is 2.00 bits per heavy atom. The van der Waals surface area contributed by atoms with Gasteiger partial charge < -0.3 is 25.5 Å². The molecular weight excluding hydrogens is 358 g/mol. The monoisotopic (exact) mass is 387 g/mol. The number of carbonyl (C=O) groups is 2. The van der Waals surface area contributed by atoms with Gasteiger partial charge in [0.2, 0.25) is 5.91 Å². The first-order chi connectivity index (χ1) is 13.3. The molecule has 0 spiro atoms. The van der Waals surface area contributed by atoms with E-state index in [4.69, 9.17) is 10.2 Å². The molecule has 4 N–H and O–H groups in total. The number of benzene rings is 1. The van der Waals surface area contributed by atoms with Gasteiger partial charge in [-0.2, -0.15) is 0 Å². The summed E-state index contributed by atoms with van der Waals surface area (Å²) in [6.07, 6.45) is 4.73. The molecule has 28 heavy (non-hydrogen) atoms. The summed E-state index contributed by atoms with van der Waals surface area (Å²) in [7, 11) is 0. The number of aryl methyl sites for hydroxylation is 1.